The number of nitrogens with zero attached hydrogens (tertiary/aromatic N) is 1. The fraction of sp³-hybridized carbons (Fsp3) is 0.571. The van der Waals surface area contributed by atoms with Gasteiger partial charge in [-0.25, -0.2) is 0 Å². The summed E-state index contributed by atoms with van der Waals surface area (Å²) in [5.74, 6) is 0.231. The first-order valence-electron chi connectivity index (χ1n) is 6.93. The summed E-state index contributed by atoms with van der Waals surface area (Å²) in [6.07, 6.45) is -2.62. The van der Waals surface area contributed by atoms with Crippen molar-refractivity contribution in [2.75, 3.05) is 26.2 Å². The number of ether oxygens (including phenoxy) is 2. The van der Waals surface area contributed by atoms with Crippen LogP contribution in [0.5, 0.6) is 11.5 Å². The molecule has 2 heterocycles. The molecule has 2 aliphatic heterocycles. The maximum Gasteiger partial charge on any atom is 0.586 e. The maximum absolute atomic E-state index is 13.0. The average Bonchev–Trinajstić information content (AvgIpc) is 2.74. The number of alkyl halides is 2. The monoisotopic (exact) mass is 320 g/mol. The zero-order valence-corrected chi connectivity index (χ0v) is 12.6. The lowest BCUT2D eigenvalue weighted by Crippen LogP contribution is -2.45. The molecule has 1 saturated heterocycles. The minimum atomic E-state index is -3.54. The van der Waals surface area contributed by atoms with Crippen LogP contribution in [0.2, 0.25) is 0 Å². The first kappa shape index (κ1) is 16.3. The number of hydrogen-bond acceptors (Lipinski definition) is 4. The second-order valence-corrected chi connectivity index (χ2v) is 5.08. The zero-order chi connectivity index (χ0) is 14.2. The Kier molecular flexibility index (Phi) is 4.91. The number of benzene rings is 1. The molecule has 0 radical (unpaired) electrons. The Hall–Kier alpha value is -1.11. The number of halogens is 3. The van der Waals surface area contributed by atoms with Crippen LogP contribution in [-0.4, -0.2) is 37.4 Å². The summed E-state index contributed by atoms with van der Waals surface area (Å²) in [4.78, 5) is 2.37. The molecule has 1 atom stereocenters. The molecule has 2 aliphatic rings. The molecule has 7 heteroatoms. The van der Waals surface area contributed by atoms with Crippen molar-refractivity contribution in [3.63, 3.8) is 0 Å². The Morgan fingerprint density at radius 3 is 2.57 bits per heavy atom. The van der Waals surface area contributed by atoms with E-state index in [0.29, 0.717) is 0 Å². The predicted molar refractivity (Wildman–Crippen MR) is 77.4 cm³/mol. The van der Waals surface area contributed by atoms with Crippen molar-refractivity contribution in [2.24, 2.45) is 0 Å². The average molecular weight is 321 g/mol. The summed E-state index contributed by atoms with van der Waals surface area (Å²) in [5.41, 5.74) is 0.995. The second-order valence-electron chi connectivity index (χ2n) is 5.08. The lowest BCUT2D eigenvalue weighted by molar-refractivity contribution is -0.286. The van der Waals surface area contributed by atoms with Crippen molar-refractivity contribution < 1.29 is 18.3 Å². The molecule has 0 aromatic heterocycles. The highest BCUT2D eigenvalue weighted by atomic mass is 35.5. The number of rotatable bonds is 3. The molecule has 4 nitrogen and oxygen atoms in total. The minimum Gasteiger partial charge on any atom is -0.395 e. The molecule has 0 spiro atoms. The van der Waals surface area contributed by atoms with Crippen LogP contribution in [0.1, 0.15) is 24.9 Å². The zero-order valence-electron chi connectivity index (χ0n) is 11.8. The molecule has 0 bridgehead atoms. The Bertz CT molecular complexity index is 496. The van der Waals surface area contributed by atoms with E-state index in [9.17, 15) is 8.78 Å². The van der Waals surface area contributed by atoms with Crippen LogP contribution in [0.15, 0.2) is 18.2 Å². The highest BCUT2D eigenvalue weighted by Gasteiger charge is 2.43. The summed E-state index contributed by atoms with van der Waals surface area (Å²) in [6, 6.07) is 5.31. The molecule has 1 fully saturated rings. The van der Waals surface area contributed by atoms with Crippen molar-refractivity contribution in [1.29, 1.82) is 0 Å². The molecule has 21 heavy (non-hydrogen) atoms. The topological polar surface area (TPSA) is 33.7 Å². The Labute approximate surface area is 128 Å². The minimum absolute atomic E-state index is 0. The molecule has 118 valence electrons. The number of piperazine rings is 1. The van der Waals surface area contributed by atoms with Gasteiger partial charge in [-0.2, -0.15) is 0 Å². The van der Waals surface area contributed by atoms with Gasteiger partial charge in [-0.05, 0) is 24.1 Å². The fourth-order valence-electron chi connectivity index (χ4n) is 2.87. The molecule has 1 aromatic rings. The quantitative estimate of drug-likeness (QED) is 0.928. The van der Waals surface area contributed by atoms with E-state index >= 15 is 0 Å². The summed E-state index contributed by atoms with van der Waals surface area (Å²) in [6.45, 7) is 5.94. The third-order valence-corrected chi connectivity index (χ3v) is 3.79. The highest BCUT2D eigenvalue weighted by Crippen LogP contribution is 2.42. The van der Waals surface area contributed by atoms with Gasteiger partial charge in [-0.1, -0.05) is 13.0 Å². The van der Waals surface area contributed by atoms with Gasteiger partial charge in [0.2, 0.25) is 0 Å². The molecule has 0 saturated carbocycles. The molecular formula is C14H19ClF2N2O2. The van der Waals surface area contributed by atoms with Crippen LogP contribution in [0, 0.1) is 0 Å². The van der Waals surface area contributed by atoms with Crippen LogP contribution in [0.3, 0.4) is 0 Å². The third-order valence-electron chi connectivity index (χ3n) is 3.79. The summed E-state index contributed by atoms with van der Waals surface area (Å²) < 4.78 is 35.0. The molecule has 1 N–H and O–H groups in total. The summed E-state index contributed by atoms with van der Waals surface area (Å²) in [5, 5.41) is 3.31. The lowest BCUT2D eigenvalue weighted by atomic mass is 10.0. The summed E-state index contributed by atoms with van der Waals surface area (Å²) in [7, 11) is 0. The van der Waals surface area contributed by atoms with Crippen molar-refractivity contribution in [2.45, 2.75) is 25.7 Å². The van der Waals surface area contributed by atoms with E-state index in [2.05, 4.69) is 26.6 Å². The summed E-state index contributed by atoms with van der Waals surface area (Å²) >= 11 is 0. The Morgan fingerprint density at radius 1 is 1.24 bits per heavy atom. The van der Waals surface area contributed by atoms with Crippen LogP contribution >= 0.6 is 12.4 Å². The normalized spacial score (nSPS) is 21.7. The van der Waals surface area contributed by atoms with E-state index in [1.165, 1.54) is 0 Å². The van der Waals surface area contributed by atoms with Crippen LogP contribution < -0.4 is 14.8 Å². The highest BCUT2D eigenvalue weighted by molar-refractivity contribution is 5.85. The SMILES string of the molecule is CC[C@@H](c1ccc2c(c1)OC(F)(F)O2)N1CCNCC1.Cl. The maximum atomic E-state index is 13.0. The first-order chi connectivity index (χ1) is 9.59. The second kappa shape index (κ2) is 6.34. The molecule has 1 aromatic carbocycles. The largest absolute Gasteiger partial charge is 0.586 e. The van der Waals surface area contributed by atoms with Crippen molar-refractivity contribution >= 4 is 12.4 Å². The van der Waals surface area contributed by atoms with Crippen LogP contribution in [-0.2, 0) is 0 Å². The van der Waals surface area contributed by atoms with Gasteiger partial charge in [-0.15, -0.1) is 21.2 Å². The van der Waals surface area contributed by atoms with E-state index in [-0.39, 0.29) is 29.9 Å². The van der Waals surface area contributed by atoms with Crippen molar-refractivity contribution in [1.82, 2.24) is 10.2 Å². The molecule has 3 rings (SSSR count). The smallest absolute Gasteiger partial charge is 0.395 e. The van der Waals surface area contributed by atoms with Gasteiger partial charge in [-0.3, -0.25) is 4.90 Å². The van der Waals surface area contributed by atoms with Gasteiger partial charge in [0, 0.05) is 32.2 Å². The number of fused-ring (bicyclic) bond motifs is 1. The lowest BCUT2D eigenvalue weighted by Gasteiger charge is -2.34. The Balaban J connectivity index is 0.00000161. The third kappa shape index (κ3) is 3.39. The van der Waals surface area contributed by atoms with Crippen molar-refractivity contribution in [3.8, 4) is 11.5 Å². The standard InChI is InChI=1S/C14H18F2N2O2.ClH/c1-2-11(18-7-5-17-6-8-18)10-3-4-12-13(9-10)20-14(15,16)19-12;/h3-4,9,11,17H,2,5-8H2,1H3;1H/t11-;/m0./s1. The van der Waals surface area contributed by atoms with Crippen LogP contribution in [0.4, 0.5) is 8.78 Å². The van der Waals surface area contributed by atoms with Crippen molar-refractivity contribution in [3.05, 3.63) is 23.8 Å². The number of nitrogens with one attached hydrogen (secondary N) is 1. The van der Waals surface area contributed by atoms with E-state index < -0.39 is 6.29 Å². The molecular weight excluding hydrogens is 302 g/mol. The first-order valence-corrected chi connectivity index (χ1v) is 6.93. The van der Waals surface area contributed by atoms with E-state index in [0.717, 1.165) is 38.2 Å². The fourth-order valence-corrected chi connectivity index (χ4v) is 2.87. The van der Waals surface area contributed by atoms with E-state index in [1.807, 2.05) is 6.07 Å². The van der Waals surface area contributed by atoms with Gasteiger partial charge in [0.25, 0.3) is 0 Å². The Morgan fingerprint density at radius 2 is 1.90 bits per heavy atom. The van der Waals surface area contributed by atoms with E-state index in [1.54, 1.807) is 12.1 Å². The van der Waals surface area contributed by atoms with Gasteiger partial charge in [0.15, 0.2) is 11.5 Å². The van der Waals surface area contributed by atoms with Crippen LogP contribution in [0.25, 0.3) is 0 Å². The molecule has 0 unspecified atom stereocenters. The van der Waals surface area contributed by atoms with Gasteiger partial charge < -0.3 is 14.8 Å². The van der Waals surface area contributed by atoms with E-state index in [4.69, 9.17) is 0 Å². The van der Waals surface area contributed by atoms with Gasteiger partial charge >= 0.3 is 6.29 Å². The number of hydrogen-bond donors (Lipinski definition) is 1. The molecule has 0 amide bonds. The molecule has 0 aliphatic carbocycles. The van der Waals surface area contributed by atoms with Gasteiger partial charge in [0.1, 0.15) is 0 Å². The predicted octanol–water partition coefficient (Wildman–Crippen LogP) is 2.79. The van der Waals surface area contributed by atoms with Gasteiger partial charge in [0.05, 0.1) is 0 Å².